The van der Waals surface area contributed by atoms with E-state index in [1.807, 2.05) is 0 Å². The molecule has 4 heteroatoms. The minimum atomic E-state index is 0.841. The Kier molecular flexibility index (Phi) is 2.48. The van der Waals surface area contributed by atoms with Crippen LogP contribution in [0.5, 0.6) is 0 Å². The van der Waals surface area contributed by atoms with Crippen molar-refractivity contribution in [2.24, 2.45) is 0 Å². The van der Waals surface area contributed by atoms with Gasteiger partial charge in [-0.05, 0) is 48.0 Å². The van der Waals surface area contributed by atoms with Crippen LogP contribution in [-0.4, -0.2) is 9.36 Å². The first-order valence-electron chi connectivity index (χ1n) is 4.94. The van der Waals surface area contributed by atoms with Crippen LogP contribution in [0.4, 0.5) is 0 Å². The van der Waals surface area contributed by atoms with E-state index in [1.165, 1.54) is 47.5 Å². The third-order valence-corrected chi connectivity index (χ3v) is 4.32. The second-order valence-electron chi connectivity index (χ2n) is 3.71. The molecule has 1 aromatic heterocycles. The molecule has 2 aromatic rings. The maximum Gasteiger partial charge on any atom is 0.203 e. The van der Waals surface area contributed by atoms with Gasteiger partial charge < -0.3 is 0 Å². The molecule has 0 amide bonds. The monoisotopic (exact) mass is 328 g/mol. The molecular formula is C11H9IN2S. The van der Waals surface area contributed by atoms with Gasteiger partial charge in [0.2, 0.25) is 3.83 Å². The van der Waals surface area contributed by atoms with Crippen LogP contribution in [0, 0.1) is 3.83 Å². The molecule has 0 fully saturated rings. The maximum absolute atomic E-state index is 4.40. The van der Waals surface area contributed by atoms with Crippen molar-refractivity contribution in [3.05, 3.63) is 33.2 Å². The highest BCUT2D eigenvalue weighted by Gasteiger charge is 2.12. The molecule has 0 saturated carbocycles. The normalized spacial score (nSPS) is 14.2. The van der Waals surface area contributed by atoms with Crippen LogP contribution in [0.1, 0.15) is 17.5 Å². The second-order valence-corrected chi connectivity index (χ2v) is 5.42. The van der Waals surface area contributed by atoms with Crippen molar-refractivity contribution in [2.45, 2.75) is 19.3 Å². The largest absolute Gasteiger partial charge is 0.210 e. The molecule has 1 heterocycles. The third kappa shape index (κ3) is 1.80. The molecule has 0 saturated heterocycles. The predicted octanol–water partition coefficient (Wildman–Crippen LogP) is 3.30. The Hall–Kier alpha value is -0.490. The van der Waals surface area contributed by atoms with Gasteiger partial charge in [-0.1, -0.05) is 12.1 Å². The van der Waals surface area contributed by atoms with Gasteiger partial charge in [-0.2, -0.15) is 4.37 Å². The van der Waals surface area contributed by atoms with Crippen molar-refractivity contribution >= 4 is 34.1 Å². The number of halogens is 1. The summed E-state index contributed by atoms with van der Waals surface area (Å²) in [6, 6.07) is 6.69. The van der Waals surface area contributed by atoms with Crippen molar-refractivity contribution in [1.82, 2.24) is 9.36 Å². The molecule has 2 nitrogen and oxygen atoms in total. The Morgan fingerprint density at radius 2 is 2.07 bits per heavy atom. The van der Waals surface area contributed by atoms with E-state index in [0.717, 1.165) is 8.84 Å². The lowest BCUT2D eigenvalue weighted by atomic mass is 10.1. The first-order valence-corrected chi connectivity index (χ1v) is 6.79. The molecule has 1 aliphatic rings. The Labute approximate surface area is 106 Å². The fourth-order valence-corrected chi connectivity index (χ4v) is 3.29. The lowest BCUT2D eigenvalue weighted by molar-refractivity contribution is 0.912. The average molecular weight is 328 g/mol. The van der Waals surface area contributed by atoms with Gasteiger partial charge in [0.05, 0.1) is 0 Å². The Bertz CT molecular complexity index is 507. The van der Waals surface area contributed by atoms with Crippen molar-refractivity contribution in [3.63, 3.8) is 0 Å². The number of nitrogens with zero attached hydrogens (tertiary/aromatic N) is 2. The quantitative estimate of drug-likeness (QED) is 0.751. The van der Waals surface area contributed by atoms with Gasteiger partial charge in [-0.25, -0.2) is 4.98 Å². The van der Waals surface area contributed by atoms with Gasteiger partial charge in [0.25, 0.3) is 0 Å². The summed E-state index contributed by atoms with van der Waals surface area (Å²) in [7, 11) is 0. The zero-order valence-electron chi connectivity index (χ0n) is 8.03. The SMILES string of the molecule is Ic1nsc(-c2ccc3c(c2)CCC3)n1. The number of aryl methyl sites for hydroxylation is 2. The molecule has 1 aromatic carbocycles. The lowest BCUT2D eigenvalue weighted by Crippen LogP contribution is -1.84. The topological polar surface area (TPSA) is 25.8 Å². The summed E-state index contributed by atoms with van der Waals surface area (Å²) in [4.78, 5) is 4.40. The molecule has 15 heavy (non-hydrogen) atoms. The number of hydrogen-bond donors (Lipinski definition) is 0. The van der Waals surface area contributed by atoms with E-state index in [1.54, 1.807) is 0 Å². The minimum absolute atomic E-state index is 0.841. The van der Waals surface area contributed by atoms with Gasteiger partial charge in [-0.15, -0.1) is 0 Å². The fraction of sp³-hybridized carbons (Fsp3) is 0.273. The summed E-state index contributed by atoms with van der Waals surface area (Å²) in [5.74, 6) is 0. The summed E-state index contributed by atoms with van der Waals surface area (Å²) in [5, 5.41) is 1.04. The molecular weight excluding hydrogens is 319 g/mol. The molecule has 0 aliphatic heterocycles. The predicted molar refractivity (Wildman–Crippen MR) is 70.1 cm³/mol. The van der Waals surface area contributed by atoms with E-state index in [-0.39, 0.29) is 0 Å². The summed E-state index contributed by atoms with van der Waals surface area (Å²) in [6.45, 7) is 0. The number of fused-ring (bicyclic) bond motifs is 1. The summed E-state index contributed by atoms with van der Waals surface area (Å²) >= 11 is 3.63. The molecule has 0 radical (unpaired) electrons. The van der Waals surface area contributed by atoms with E-state index < -0.39 is 0 Å². The fourth-order valence-electron chi connectivity index (χ4n) is 2.03. The van der Waals surface area contributed by atoms with Gasteiger partial charge in [0, 0.05) is 28.2 Å². The van der Waals surface area contributed by atoms with Crippen LogP contribution in [-0.2, 0) is 12.8 Å². The Morgan fingerprint density at radius 1 is 1.20 bits per heavy atom. The van der Waals surface area contributed by atoms with Crippen molar-refractivity contribution in [2.75, 3.05) is 0 Å². The standard InChI is InChI=1S/C11H9IN2S/c12-11-13-10(15-14-11)9-5-4-7-2-1-3-8(7)6-9/h4-6H,1-3H2. The molecule has 0 atom stereocenters. The van der Waals surface area contributed by atoms with E-state index >= 15 is 0 Å². The van der Waals surface area contributed by atoms with Crippen LogP contribution >= 0.6 is 34.1 Å². The van der Waals surface area contributed by atoms with Gasteiger partial charge in [0.1, 0.15) is 5.01 Å². The molecule has 0 bridgehead atoms. The van der Waals surface area contributed by atoms with Gasteiger partial charge >= 0.3 is 0 Å². The van der Waals surface area contributed by atoms with Crippen molar-refractivity contribution in [1.29, 1.82) is 0 Å². The van der Waals surface area contributed by atoms with Crippen LogP contribution in [0.15, 0.2) is 18.2 Å². The van der Waals surface area contributed by atoms with Crippen LogP contribution in [0.25, 0.3) is 10.6 Å². The highest BCUT2D eigenvalue weighted by atomic mass is 127. The number of rotatable bonds is 1. The summed E-state index contributed by atoms with van der Waals surface area (Å²) in [5.41, 5.74) is 4.23. The molecule has 76 valence electrons. The Morgan fingerprint density at radius 3 is 2.87 bits per heavy atom. The summed E-state index contributed by atoms with van der Waals surface area (Å²) in [6.07, 6.45) is 3.76. The molecule has 0 spiro atoms. The van der Waals surface area contributed by atoms with E-state index in [9.17, 15) is 0 Å². The number of benzene rings is 1. The van der Waals surface area contributed by atoms with Crippen LogP contribution < -0.4 is 0 Å². The first kappa shape index (κ1) is 9.72. The average Bonchev–Trinajstić information content (AvgIpc) is 2.84. The summed E-state index contributed by atoms with van der Waals surface area (Å²) < 4.78 is 5.04. The maximum atomic E-state index is 4.40. The molecule has 0 unspecified atom stereocenters. The van der Waals surface area contributed by atoms with E-state index in [2.05, 4.69) is 50.1 Å². The smallest absolute Gasteiger partial charge is 0.203 e. The highest BCUT2D eigenvalue weighted by molar-refractivity contribution is 14.1. The van der Waals surface area contributed by atoms with Crippen LogP contribution in [0.2, 0.25) is 0 Å². The van der Waals surface area contributed by atoms with Gasteiger partial charge in [0.15, 0.2) is 0 Å². The van der Waals surface area contributed by atoms with Crippen molar-refractivity contribution in [3.8, 4) is 10.6 Å². The highest BCUT2D eigenvalue weighted by Crippen LogP contribution is 2.28. The lowest BCUT2D eigenvalue weighted by Gasteiger charge is -2.00. The van der Waals surface area contributed by atoms with E-state index in [0.29, 0.717) is 0 Å². The van der Waals surface area contributed by atoms with Gasteiger partial charge in [-0.3, -0.25) is 0 Å². The first-order chi connectivity index (χ1) is 7.33. The second kappa shape index (κ2) is 3.83. The minimum Gasteiger partial charge on any atom is -0.210 e. The third-order valence-electron chi connectivity index (χ3n) is 2.75. The zero-order chi connectivity index (χ0) is 10.3. The zero-order valence-corrected chi connectivity index (χ0v) is 11.0. The number of aromatic nitrogens is 2. The molecule has 3 rings (SSSR count). The number of hydrogen-bond acceptors (Lipinski definition) is 3. The molecule has 0 N–H and O–H groups in total. The van der Waals surface area contributed by atoms with E-state index in [4.69, 9.17) is 0 Å². The van der Waals surface area contributed by atoms with Crippen molar-refractivity contribution < 1.29 is 0 Å². The molecule has 1 aliphatic carbocycles. The van der Waals surface area contributed by atoms with Crippen LogP contribution in [0.3, 0.4) is 0 Å². The Balaban J connectivity index is 2.06.